The first-order valence-electron chi connectivity index (χ1n) is 4.91. The van der Waals surface area contributed by atoms with Crippen LogP contribution in [0.25, 0.3) is 0 Å². The fourth-order valence-electron chi connectivity index (χ4n) is 1.44. The molecule has 13 heteroatoms. The monoisotopic (exact) mass is 324 g/mol. The van der Waals surface area contributed by atoms with Gasteiger partial charge in [-0.3, -0.25) is 9.05 Å². The molecule has 1 rings (SSSR count). The number of rotatable bonds is 6. The van der Waals surface area contributed by atoms with Crippen LogP contribution in [0, 0.1) is 0 Å². The largest absolute Gasteiger partial charge is 0.469 e. The maximum absolute atomic E-state index is 10.5. The van der Waals surface area contributed by atoms with Crippen LogP contribution in [0.5, 0.6) is 0 Å². The predicted molar refractivity (Wildman–Crippen MR) is 56.7 cm³/mol. The molecule has 0 aromatic heterocycles. The van der Waals surface area contributed by atoms with Crippen molar-refractivity contribution in [2.45, 2.75) is 24.4 Å². The molecule has 0 spiro atoms. The van der Waals surface area contributed by atoms with E-state index < -0.39 is 53.3 Å². The maximum Gasteiger partial charge on any atom is 0.469 e. The Morgan fingerprint density at radius 2 is 1.16 bits per heavy atom. The summed E-state index contributed by atoms with van der Waals surface area (Å²) in [7, 11) is -9.51. The summed E-state index contributed by atoms with van der Waals surface area (Å²) >= 11 is 0. The number of ether oxygens (including phenoxy) is 1. The van der Waals surface area contributed by atoms with Crippen LogP contribution >= 0.6 is 15.6 Å². The Hall–Kier alpha value is 0.1000. The minimum Gasteiger partial charge on any atom is -0.388 e. The van der Waals surface area contributed by atoms with Crippen LogP contribution in [-0.2, 0) is 22.9 Å². The molecule has 1 aliphatic rings. The zero-order chi connectivity index (χ0) is 14.8. The zero-order valence-electron chi connectivity index (χ0n) is 9.34. The Balaban J connectivity index is 2.51. The van der Waals surface area contributed by atoms with E-state index in [0.29, 0.717) is 0 Å². The van der Waals surface area contributed by atoms with E-state index >= 15 is 0 Å². The van der Waals surface area contributed by atoms with Gasteiger partial charge in [-0.15, -0.1) is 0 Å². The molecule has 1 saturated heterocycles. The SMILES string of the molecule is O=P(O)(O)OC[C@@H]1O[C@@H](COP(=O)(O)O)[C@H](O)[C@H]1O. The molecule has 1 aliphatic heterocycles. The lowest BCUT2D eigenvalue weighted by atomic mass is 10.1. The van der Waals surface area contributed by atoms with Gasteiger partial charge in [-0.25, -0.2) is 9.13 Å². The van der Waals surface area contributed by atoms with Crippen LogP contribution in [0.2, 0.25) is 0 Å². The van der Waals surface area contributed by atoms with Crippen LogP contribution in [0.1, 0.15) is 0 Å². The highest BCUT2D eigenvalue weighted by atomic mass is 31.2. The molecule has 0 unspecified atom stereocenters. The van der Waals surface area contributed by atoms with Gasteiger partial charge in [0.05, 0.1) is 13.2 Å². The normalized spacial score (nSPS) is 32.7. The Morgan fingerprint density at radius 3 is 1.42 bits per heavy atom. The highest BCUT2D eigenvalue weighted by molar-refractivity contribution is 7.46. The summed E-state index contributed by atoms with van der Waals surface area (Å²) in [6, 6.07) is 0. The molecule has 0 aromatic carbocycles. The Morgan fingerprint density at radius 1 is 0.842 bits per heavy atom. The van der Waals surface area contributed by atoms with Crippen molar-refractivity contribution in [2.24, 2.45) is 0 Å². The molecule has 0 aromatic rings. The fraction of sp³-hybridized carbons (Fsp3) is 1.00. The summed E-state index contributed by atoms with van der Waals surface area (Å²) in [4.78, 5) is 33.9. The smallest absolute Gasteiger partial charge is 0.388 e. The van der Waals surface area contributed by atoms with Gasteiger partial charge in [0.25, 0.3) is 0 Å². The van der Waals surface area contributed by atoms with Gasteiger partial charge in [0, 0.05) is 0 Å². The zero-order valence-corrected chi connectivity index (χ0v) is 11.1. The number of aliphatic hydroxyl groups is 2. The molecule has 0 amide bonds. The molecule has 1 fully saturated rings. The van der Waals surface area contributed by atoms with Crippen LogP contribution in [0.15, 0.2) is 0 Å². The van der Waals surface area contributed by atoms with Crippen molar-refractivity contribution < 1.29 is 52.7 Å². The van der Waals surface area contributed by atoms with Gasteiger partial charge in [0.1, 0.15) is 24.4 Å². The minimum absolute atomic E-state index is 0.699. The Bertz CT molecular complexity index is 351. The average molecular weight is 324 g/mol. The fourth-order valence-corrected chi connectivity index (χ4v) is 2.12. The minimum atomic E-state index is -4.75. The summed E-state index contributed by atoms with van der Waals surface area (Å²) in [5.41, 5.74) is 0. The highest BCUT2D eigenvalue weighted by Crippen LogP contribution is 2.39. The van der Waals surface area contributed by atoms with Crippen molar-refractivity contribution in [1.29, 1.82) is 0 Å². The average Bonchev–Trinajstić information content (AvgIpc) is 2.49. The molecule has 0 bridgehead atoms. The van der Waals surface area contributed by atoms with Crippen molar-refractivity contribution >= 4 is 15.6 Å². The van der Waals surface area contributed by atoms with E-state index in [1.807, 2.05) is 0 Å². The van der Waals surface area contributed by atoms with Crippen molar-refractivity contribution in [3.05, 3.63) is 0 Å². The van der Waals surface area contributed by atoms with Gasteiger partial charge in [-0.1, -0.05) is 0 Å². The molecule has 0 aliphatic carbocycles. The van der Waals surface area contributed by atoms with Crippen molar-refractivity contribution in [1.82, 2.24) is 0 Å². The van der Waals surface area contributed by atoms with Crippen LogP contribution < -0.4 is 0 Å². The second kappa shape index (κ2) is 6.25. The van der Waals surface area contributed by atoms with E-state index in [1.54, 1.807) is 0 Å². The standard InChI is InChI=1S/C6H14O11P2/c7-5-3(1-15-18(9,10)11)17-4(6(5)8)2-16-19(12,13)14/h3-8H,1-2H2,(H2,9,10,11)(H2,12,13,14)/t3-,4-,5-,6-/m0/s1. The second-order valence-electron chi connectivity index (χ2n) is 3.77. The van der Waals surface area contributed by atoms with Crippen molar-refractivity contribution in [2.75, 3.05) is 13.2 Å². The first-order chi connectivity index (χ1) is 8.49. The van der Waals surface area contributed by atoms with Crippen LogP contribution in [0.4, 0.5) is 0 Å². The van der Waals surface area contributed by atoms with E-state index in [-0.39, 0.29) is 0 Å². The second-order valence-corrected chi connectivity index (χ2v) is 6.25. The van der Waals surface area contributed by atoms with Gasteiger partial charge in [0.2, 0.25) is 0 Å². The Kier molecular flexibility index (Phi) is 5.64. The number of hydrogen-bond donors (Lipinski definition) is 6. The molecule has 4 atom stereocenters. The molecular weight excluding hydrogens is 310 g/mol. The van der Waals surface area contributed by atoms with Gasteiger partial charge < -0.3 is 34.5 Å². The van der Waals surface area contributed by atoms with E-state index in [2.05, 4.69) is 9.05 Å². The molecule has 11 nitrogen and oxygen atoms in total. The van der Waals surface area contributed by atoms with Crippen LogP contribution in [0.3, 0.4) is 0 Å². The van der Waals surface area contributed by atoms with Crippen LogP contribution in [-0.4, -0.2) is 67.4 Å². The molecule has 114 valence electrons. The first-order valence-corrected chi connectivity index (χ1v) is 7.97. The highest BCUT2D eigenvalue weighted by Gasteiger charge is 2.44. The summed E-state index contributed by atoms with van der Waals surface area (Å²) in [6.07, 6.45) is -5.57. The third-order valence-electron chi connectivity index (χ3n) is 2.28. The van der Waals surface area contributed by atoms with Gasteiger partial charge >= 0.3 is 15.6 Å². The third kappa shape index (κ3) is 5.94. The number of aliphatic hydroxyl groups excluding tert-OH is 2. The molecule has 0 saturated carbocycles. The molecule has 1 heterocycles. The lowest BCUT2D eigenvalue weighted by Crippen LogP contribution is -2.35. The first kappa shape index (κ1) is 17.2. The maximum atomic E-state index is 10.5. The number of phosphoric acid groups is 2. The topological polar surface area (TPSA) is 183 Å². The molecule has 19 heavy (non-hydrogen) atoms. The summed E-state index contributed by atoms with van der Waals surface area (Å²) in [6.45, 7) is -1.40. The molecule has 0 radical (unpaired) electrons. The van der Waals surface area contributed by atoms with Gasteiger partial charge in [-0.05, 0) is 0 Å². The van der Waals surface area contributed by atoms with Crippen molar-refractivity contribution in [3.63, 3.8) is 0 Å². The van der Waals surface area contributed by atoms with E-state index in [4.69, 9.17) is 24.3 Å². The summed E-state index contributed by atoms with van der Waals surface area (Å²) in [5.74, 6) is 0. The summed E-state index contributed by atoms with van der Waals surface area (Å²) < 4.78 is 34.1. The van der Waals surface area contributed by atoms with E-state index in [1.165, 1.54) is 0 Å². The molecule has 6 N–H and O–H groups in total. The van der Waals surface area contributed by atoms with Gasteiger partial charge in [-0.2, -0.15) is 0 Å². The summed E-state index contributed by atoms with van der Waals surface area (Å²) in [5, 5.41) is 19.0. The van der Waals surface area contributed by atoms with E-state index in [9.17, 15) is 19.3 Å². The number of hydrogen-bond acceptors (Lipinski definition) is 7. The Labute approximate surface area is 107 Å². The lowest BCUT2D eigenvalue weighted by molar-refractivity contribution is -0.0382. The number of phosphoric ester groups is 2. The van der Waals surface area contributed by atoms with Crippen molar-refractivity contribution in [3.8, 4) is 0 Å². The quantitative estimate of drug-likeness (QED) is 0.289. The predicted octanol–water partition coefficient (Wildman–Crippen LogP) is -2.31. The lowest BCUT2D eigenvalue weighted by Gasteiger charge is -2.15. The van der Waals surface area contributed by atoms with E-state index in [0.717, 1.165) is 0 Å². The third-order valence-corrected chi connectivity index (χ3v) is 3.25. The molecular formula is C6H14O11P2. The van der Waals surface area contributed by atoms with Gasteiger partial charge in [0.15, 0.2) is 0 Å².